The molecule has 2 N–H and O–H groups in total. The van der Waals surface area contributed by atoms with E-state index in [9.17, 15) is 19.4 Å². The molecule has 4 heteroatoms. The number of carbonyl (C=O) groups excluding carboxylic acids is 1. The first-order valence-electron chi connectivity index (χ1n) is 6.69. The number of phenolic OH excluding ortho intramolecular Hbond substituents is 2. The first kappa shape index (κ1) is 15.0. The molecule has 0 unspecified atom stereocenters. The predicted molar refractivity (Wildman–Crippen MR) is 78.3 cm³/mol. The van der Waals surface area contributed by atoms with Crippen LogP contribution in [0.15, 0.2) is 30.3 Å². The highest BCUT2D eigenvalue weighted by Crippen LogP contribution is 2.30. The molecule has 0 amide bonds. The Labute approximate surface area is 122 Å². The van der Waals surface area contributed by atoms with E-state index in [1.54, 1.807) is 19.9 Å². The molecular weight excluding hydrogens is 271 g/mol. The molecule has 21 heavy (non-hydrogen) atoms. The number of aryl methyl sites for hydroxylation is 3. The van der Waals surface area contributed by atoms with Crippen LogP contribution in [0.25, 0.3) is 0 Å². The molecule has 2 rings (SSSR count). The van der Waals surface area contributed by atoms with Gasteiger partial charge in [-0.2, -0.15) is 0 Å². The van der Waals surface area contributed by atoms with E-state index in [4.69, 9.17) is 0 Å². The maximum absolute atomic E-state index is 13.0. The quantitative estimate of drug-likeness (QED) is 0.844. The molecule has 2 aromatic carbocycles. The molecule has 3 nitrogen and oxygen atoms in total. The van der Waals surface area contributed by atoms with Crippen LogP contribution in [0.2, 0.25) is 0 Å². The number of ketones is 1. The van der Waals surface area contributed by atoms with Crippen LogP contribution in [-0.2, 0) is 6.42 Å². The van der Waals surface area contributed by atoms with Gasteiger partial charge in [-0.15, -0.1) is 0 Å². The molecule has 0 heterocycles. The van der Waals surface area contributed by atoms with Gasteiger partial charge in [0.2, 0.25) is 0 Å². The summed E-state index contributed by atoms with van der Waals surface area (Å²) in [5, 5.41) is 19.6. The van der Waals surface area contributed by atoms with Crippen LogP contribution in [0.4, 0.5) is 4.39 Å². The highest BCUT2D eigenvalue weighted by Gasteiger charge is 2.17. The summed E-state index contributed by atoms with van der Waals surface area (Å²) in [6, 6.07) is 7.30. The van der Waals surface area contributed by atoms with Crippen LogP contribution in [0.1, 0.15) is 33.5 Å². The molecule has 0 atom stereocenters. The Morgan fingerprint density at radius 3 is 2.29 bits per heavy atom. The van der Waals surface area contributed by atoms with Gasteiger partial charge in [0.05, 0.1) is 0 Å². The average molecular weight is 288 g/mol. The summed E-state index contributed by atoms with van der Waals surface area (Å²) < 4.78 is 13.0. The van der Waals surface area contributed by atoms with Crippen LogP contribution >= 0.6 is 0 Å². The van der Waals surface area contributed by atoms with E-state index in [1.807, 2.05) is 0 Å². The van der Waals surface area contributed by atoms with Crippen molar-refractivity contribution in [2.45, 2.75) is 26.7 Å². The van der Waals surface area contributed by atoms with Crippen LogP contribution in [0.5, 0.6) is 11.5 Å². The molecule has 0 bridgehead atoms. The van der Waals surface area contributed by atoms with E-state index in [0.717, 1.165) is 11.1 Å². The standard InChI is InChI=1S/C17H17FO3/c1-10-7-15(20)17(16(21)8-10)14(19)6-4-12-3-5-13(18)9-11(12)2/h3,5,7-9,20-21H,4,6H2,1-2H3. The summed E-state index contributed by atoms with van der Waals surface area (Å²) in [5.41, 5.74) is 2.27. The van der Waals surface area contributed by atoms with Crippen molar-refractivity contribution in [3.05, 3.63) is 58.4 Å². The van der Waals surface area contributed by atoms with Gasteiger partial charge in [-0.3, -0.25) is 4.79 Å². The van der Waals surface area contributed by atoms with Crippen molar-refractivity contribution in [3.63, 3.8) is 0 Å². The number of rotatable bonds is 4. The zero-order valence-corrected chi connectivity index (χ0v) is 12.0. The molecule has 110 valence electrons. The summed E-state index contributed by atoms with van der Waals surface area (Å²) in [6.07, 6.45) is 0.564. The fourth-order valence-corrected chi connectivity index (χ4v) is 2.35. The largest absolute Gasteiger partial charge is 0.507 e. The smallest absolute Gasteiger partial charge is 0.170 e. The number of Topliss-reactive ketones (excluding diaryl/α,β-unsaturated/α-hetero) is 1. The third kappa shape index (κ3) is 3.40. The van der Waals surface area contributed by atoms with Gasteiger partial charge in [-0.1, -0.05) is 6.07 Å². The first-order chi connectivity index (χ1) is 9.88. The molecule has 2 aromatic rings. The maximum atomic E-state index is 13.0. The second-order valence-electron chi connectivity index (χ2n) is 5.17. The minimum Gasteiger partial charge on any atom is -0.507 e. The van der Waals surface area contributed by atoms with Gasteiger partial charge in [0.25, 0.3) is 0 Å². The molecule has 0 radical (unpaired) electrons. The molecular formula is C17H17FO3. The lowest BCUT2D eigenvalue weighted by atomic mass is 9.98. The van der Waals surface area contributed by atoms with Crippen LogP contribution in [-0.4, -0.2) is 16.0 Å². The maximum Gasteiger partial charge on any atom is 0.170 e. The average Bonchev–Trinajstić information content (AvgIpc) is 2.36. The van der Waals surface area contributed by atoms with Gasteiger partial charge in [-0.25, -0.2) is 4.39 Å². The van der Waals surface area contributed by atoms with Gasteiger partial charge < -0.3 is 10.2 Å². The Bertz CT molecular complexity index is 669. The van der Waals surface area contributed by atoms with Gasteiger partial charge in [0, 0.05) is 6.42 Å². The lowest BCUT2D eigenvalue weighted by Crippen LogP contribution is -2.03. The van der Waals surface area contributed by atoms with E-state index in [1.165, 1.54) is 24.3 Å². The summed E-state index contributed by atoms with van der Waals surface area (Å²) in [4.78, 5) is 12.2. The molecule has 0 saturated carbocycles. The van der Waals surface area contributed by atoms with E-state index in [-0.39, 0.29) is 35.1 Å². The van der Waals surface area contributed by atoms with Gasteiger partial charge >= 0.3 is 0 Å². The fraction of sp³-hybridized carbons (Fsp3) is 0.235. The third-order valence-corrected chi connectivity index (χ3v) is 3.45. The van der Waals surface area contributed by atoms with Crippen molar-refractivity contribution in [1.29, 1.82) is 0 Å². The van der Waals surface area contributed by atoms with Crippen LogP contribution in [0, 0.1) is 19.7 Å². The highest BCUT2D eigenvalue weighted by molar-refractivity contribution is 6.01. The molecule has 0 spiro atoms. The zero-order valence-electron chi connectivity index (χ0n) is 12.0. The lowest BCUT2D eigenvalue weighted by molar-refractivity contribution is 0.0977. The van der Waals surface area contributed by atoms with E-state index >= 15 is 0 Å². The summed E-state index contributed by atoms with van der Waals surface area (Å²) in [5.74, 6) is -1.08. The number of aromatic hydroxyl groups is 2. The van der Waals surface area contributed by atoms with Gasteiger partial charge in [-0.05, 0) is 61.2 Å². The molecule has 0 aliphatic carbocycles. The van der Waals surface area contributed by atoms with Gasteiger partial charge in [0.1, 0.15) is 22.9 Å². The Morgan fingerprint density at radius 2 is 1.71 bits per heavy atom. The number of hydrogen-bond donors (Lipinski definition) is 2. The number of halogens is 1. The molecule has 0 saturated heterocycles. The van der Waals surface area contributed by atoms with E-state index in [2.05, 4.69) is 0 Å². The predicted octanol–water partition coefficient (Wildman–Crippen LogP) is 3.67. The number of benzene rings is 2. The Kier molecular flexibility index (Phi) is 4.26. The fourth-order valence-electron chi connectivity index (χ4n) is 2.35. The van der Waals surface area contributed by atoms with Crippen LogP contribution < -0.4 is 0 Å². The molecule has 0 aliphatic rings. The lowest BCUT2D eigenvalue weighted by Gasteiger charge is -2.09. The number of hydrogen-bond acceptors (Lipinski definition) is 3. The number of carbonyl (C=O) groups is 1. The van der Waals surface area contributed by atoms with Crippen LogP contribution in [0.3, 0.4) is 0 Å². The third-order valence-electron chi connectivity index (χ3n) is 3.45. The molecule has 0 aromatic heterocycles. The monoisotopic (exact) mass is 288 g/mol. The second kappa shape index (κ2) is 5.95. The summed E-state index contributed by atoms with van der Waals surface area (Å²) in [6.45, 7) is 3.50. The Hall–Kier alpha value is -2.36. The van der Waals surface area contributed by atoms with Crippen molar-refractivity contribution in [2.24, 2.45) is 0 Å². The zero-order chi connectivity index (χ0) is 15.6. The van der Waals surface area contributed by atoms with E-state index in [0.29, 0.717) is 12.0 Å². The molecule has 0 aliphatic heterocycles. The van der Waals surface area contributed by atoms with E-state index < -0.39 is 0 Å². The topological polar surface area (TPSA) is 57.5 Å². The van der Waals surface area contributed by atoms with Crippen molar-refractivity contribution in [2.75, 3.05) is 0 Å². The Balaban J connectivity index is 2.16. The SMILES string of the molecule is Cc1cc(O)c(C(=O)CCc2ccc(F)cc2C)c(O)c1. The molecule has 0 fully saturated rings. The normalized spacial score (nSPS) is 10.6. The first-order valence-corrected chi connectivity index (χ1v) is 6.69. The second-order valence-corrected chi connectivity index (χ2v) is 5.17. The minimum absolute atomic E-state index is 0.0552. The van der Waals surface area contributed by atoms with Crippen molar-refractivity contribution < 1.29 is 19.4 Å². The van der Waals surface area contributed by atoms with Crippen molar-refractivity contribution in [3.8, 4) is 11.5 Å². The van der Waals surface area contributed by atoms with Crippen molar-refractivity contribution in [1.82, 2.24) is 0 Å². The Morgan fingerprint density at radius 1 is 1.10 bits per heavy atom. The van der Waals surface area contributed by atoms with Crippen molar-refractivity contribution >= 4 is 5.78 Å². The summed E-state index contributed by atoms with van der Waals surface area (Å²) >= 11 is 0. The number of phenols is 2. The summed E-state index contributed by atoms with van der Waals surface area (Å²) in [7, 11) is 0. The van der Waals surface area contributed by atoms with Gasteiger partial charge in [0.15, 0.2) is 5.78 Å². The highest BCUT2D eigenvalue weighted by atomic mass is 19.1. The minimum atomic E-state index is -0.339.